The number of hydrogen-bond donors (Lipinski definition) is 0. The lowest BCUT2D eigenvalue weighted by molar-refractivity contribution is 1.28. The number of benzene rings is 11. The molecule has 0 aliphatic carbocycles. The zero-order chi connectivity index (χ0) is 43.4. The topological polar surface area (TPSA) is 3.24 Å². The summed E-state index contributed by atoms with van der Waals surface area (Å²) in [6, 6.07) is 99.0. The lowest BCUT2D eigenvalue weighted by atomic mass is 9.84. The Kier molecular flexibility index (Phi) is 10.7. The van der Waals surface area contributed by atoms with Crippen LogP contribution in [0.3, 0.4) is 0 Å². The first-order valence-electron chi connectivity index (χ1n) is 22.3. The van der Waals surface area contributed by atoms with E-state index in [1.54, 1.807) is 0 Å². The minimum Gasteiger partial charge on any atom is -0.309 e. The third-order valence-corrected chi connectivity index (χ3v) is 12.5. The van der Waals surface area contributed by atoms with Crippen LogP contribution in [-0.2, 0) is 0 Å². The molecule has 0 radical (unpaired) electrons. The molecule has 65 heavy (non-hydrogen) atoms. The van der Waals surface area contributed by atoms with Crippen LogP contribution >= 0.6 is 0 Å². The zero-order valence-electron chi connectivity index (χ0n) is 35.9. The molecule has 0 bridgehead atoms. The lowest BCUT2D eigenvalue weighted by Crippen LogP contribution is -2.12. The highest BCUT2D eigenvalue weighted by Gasteiger charge is 2.24. The van der Waals surface area contributed by atoms with Crippen LogP contribution in [0.15, 0.2) is 273 Å². The van der Waals surface area contributed by atoms with Gasteiger partial charge in [-0.05, 0) is 102 Å². The van der Waals surface area contributed by atoms with Gasteiger partial charge in [0.1, 0.15) is 0 Å². The quantitative estimate of drug-likeness (QED) is 0.133. The second-order valence-corrected chi connectivity index (χ2v) is 16.4. The van der Waals surface area contributed by atoms with Gasteiger partial charge in [0.2, 0.25) is 0 Å². The summed E-state index contributed by atoms with van der Waals surface area (Å²) in [4.78, 5) is 2.46. The number of hydrogen-bond acceptors (Lipinski definition) is 1. The average Bonchev–Trinajstić information content (AvgIpc) is 3.40. The van der Waals surface area contributed by atoms with Crippen molar-refractivity contribution in [3.8, 4) is 77.9 Å². The first-order valence-corrected chi connectivity index (χ1v) is 22.3. The SMILES string of the molecule is c1ccc(-c2ccc(-c3ccccc3N(c3ccc(-c4cccc5ccccc45)cc3)c3ccccc3-c3cccc(-c4ccccc4)c3-c3ccccc3-c3ccccc3)cc2)cc1. The van der Waals surface area contributed by atoms with Crippen LogP contribution < -0.4 is 4.90 Å². The predicted octanol–water partition coefficient (Wildman–Crippen LogP) is 18.0. The van der Waals surface area contributed by atoms with Crippen molar-refractivity contribution in [2.24, 2.45) is 0 Å². The number of para-hydroxylation sites is 2. The fourth-order valence-electron chi connectivity index (χ4n) is 9.45. The molecule has 11 rings (SSSR count). The van der Waals surface area contributed by atoms with Crippen LogP contribution in [0.5, 0.6) is 0 Å². The maximum Gasteiger partial charge on any atom is 0.0540 e. The summed E-state index contributed by atoms with van der Waals surface area (Å²) in [5, 5.41) is 2.48. The molecule has 0 saturated heterocycles. The summed E-state index contributed by atoms with van der Waals surface area (Å²) in [6.45, 7) is 0. The Hall–Kier alpha value is -8.52. The van der Waals surface area contributed by atoms with Crippen LogP contribution in [0.25, 0.3) is 88.7 Å². The minimum atomic E-state index is 1.07. The zero-order valence-corrected chi connectivity index (χ0v) is 35.9. The summed E-state index contributed by atoms with van der Waals surface area (Å²) in [7, 11) is 0. The van der Waals surface area contributed by atoms with E-state index in [9.17, 15) is 0 Å². The molecule has 11 aromatic rings. The molecular formula is C64H45N. The molecule has 11 aromatic carbocycles. The molecule has 0 aliphatic heterocycles. The van der Waals surface area contributed by atoms with Crippen LogP contribution in [0.1, 0.15) is 0 Å². The van der Waals surface area contributed by atoms with Gasteiger partial charge in [-0.25, -0.2) is 0 Å². The number of nitrogens with zero attached hydrogens (tertiary/aromatic N) is 1. The molecule has 0 N–H and O–H groups in total. The van der Waals surface area contributed by atoms with Crippen LogP contribution in [0.4, 0.5) is 17.1 Å². The van der Waals surface area contributed by atoms with E-state index in [0.717, 1.165) is 39.3 Å². The van der Waals surface area contributed by atoms with Gasteiger partial charge in [0.15, 0.2) is 0 Å². The summed E-state index contributed by atoms with van der Waals surface area (Å²) < 4.78 is 0. The second-order valence-electron chi connectivity index (χ2n) is 16.4. The molecule has 0 unspecified atom stereocenters. The summed E-state index contributed by atoms with van der Waals surface area (Å²) >= 11 is 0. The van der Waals surface area contributed by atoms with Crippen molar-refractivity contribution in [3.63, 3.8) is 0 Å². The van der Waals surface area contributed by atoms with Gasteiger partial charge in [0.05, 0.1) is 11.4 Å². The van der Waals surface area contributed by atoms with Gasteiger partial charge < -0.3 is 4.90 Å². The van der Waals surface area contributed by atoms with Gasteiger partial charge >= 0.3 is 0 Å². The first kappa shape index (κ1) is 39.3. The van der Waals surface area contributed by atoms with E-state index >= 15 is 0 Å². The number of fused-ring (bicyclic) bond motifs is 1. The first-order chi connectivity index (χ1) is 32.3. The van der Waals surface area contributed by atoms with E-state index in [-0.39, 0.29) is 0 Å². The van der Waals surface area contributed by atoms with Crippen LogP contribution in [0.2, 0.25) is 0 Å². The van der Waals surface area contributed by atoms with Gasteiger partial charge in [-0.3, -0.25) is 0 Å². The molecule has 0 spiro atoms. The van der Waals surface area contributed by atoms with Gasteiger partial charge in [-0.2, -0.15) is 0 Å². The molecule has 0 fully saturated rings. The molecule has 0 aromatic heterocycles. The Bertz CT molecular complexity index is 3390. The molecule has 1 heteroatoms. The molecular weight excluding hydrogens is 783 g/mol. The Balaban J connectivity index is 1.14. The second kappa shape index (κ2) is 17.7. The standard InChI is InChI=1S/C64H45N/c1-4-20-46(21-5-1)47-38-40-52(41-39-47)57-30-14-16-36-62(57)65(53-44-42-51(43-45-53)55-33-18-27-49-26-10-11-28-54(49)55)63-37-17-15-31-59(63)61-35-19-34-58(50-24-8-3-9-25-50)64(61)60-32-13-12-29-56(60)48-22-6-2-7-23-48/h1-45H. The summed E-state index contributed by atoms with van der Waals surface area (Å²) in [6.07, 6.45) is 0. The van der Waals surface area contributed by atoms with Crippen LogP contribution in [0, 0.1) is 0 Å². The lowest BCUT2D eigenvalue weighted by Gasteiger charge is -2.31. The normalized spacial score (nSPS) is 11.1. The molecule has 0 heterocycles. The van der Waals surface area contributed by atoms with Crippen molar-refractivity contribution in [3.05, 3.63) is 273 Å². The van der Waals surface area contributed by atoms with Gasteiger partial charge in [0, 0.05) is 16.8 Å². The maximum atomic E-state index is 2.46. The fraction of sp³-hybridized carbons (Fsp3) is 0. The molecule has 306 valence electrons. The average molecular weight is 828 g/mol. The fourth-order valence-corrected chi connectivity index (χ4v) is 9.45. The number of anilines is 3. The van der Waals surface area contributed by atoms with E-state index in [0.29, 0.717) is 0 Å². The van der Waals surface area contributed by atoms with Crippen molar-refractivity contribution >= 4 is 27.8 Å². The summed E-state index contributed by atoms with van der Waals surface area (Å²) in [5.41, 5.74) is 19.8. The molecule has 0 aliphatic rings. The molecule has 1 nitrogen and oxygen atoms in total. The Morgan fingerprint density at radius 3 is 1.28 bits per heavy atom. The molecule has 0 saturated carbocycles. The predicted molar refractivity (Wildman–Crippen MR) is 277 cm³/mol. The maximum absolute atomic E-state index is 2.46. The van der Waals surface area contributed by atoms with Gasteiger partial charge in [-0.15, -0.1) is 0 Å². The van der Waals surface area contributed by atoms with E-state index in [2.05, 4.69) is 278 Å². The van der Waals surface area contributed by atoms with E-state index in [1.807, 2.05) is 0 Å². The van der Waals surface area contributed by atoms with Gasteiger partial charge in [0.25, 0.3) is 0 Å². The highest BCUT2D eigenvalue weighted by atomic mass is 15.1. The van der Waals surface area contributed by atoms with E-state index in [1.165, 1.54) is 66.4 Å². The smallest absolute Gasteiger partial charge is 0.0540 e. The minimum absolute atomic E-state index is 1.07. The van der Waals surface area contributed by atoms with E-state index in [4.69, 9.17) is 0 Å². The monoisotopic (exact) mass is 827 g/mol. The van der Waals surface area contributed by atoms with Crippen molar-refractivity contribution in [1.29, 1.82) is 0 Å². The van der Waals surface area contributed by atoms with Crippen molar-refractivity contribution in [2.75, 3.05) is 4.90 Å². The Morgan fingerprint density at radius 1 is 0.200 bits per heavy atom. The van der Waals surface area contributed by atoms with Gasteiger partial charge in [-0.1, -0.05) is 249 Å². The van der Waals surface area contributed by atoms with E-state index < -0.39 is 0 Å². The summed E-state index contributed by atoms with van der Waals surface area (Å²) in [5.74, 6) is 0. The van der Waals surface area contributed by atoms with Crippen molar-refractivity contribution in [2.45, 2.75) is 0 Å². The molecule has 0 atom stereocenters. The largest absolute Gasteiger partial charge is 0.309 e. The van der Waals surface area contributed by atoms with Crippen LogP contribution in [-0.4, -0.2) is 0 Å². The Morgan fingerprint density at radius 2 is 0.585 bits per heavy atom. The number of rotatable bonds is 10. The third-order valence-electron chi connectivity index (χ3n) is 12.5. The highest BCUT2D eigenvalue weighted by molar-refractivity contribution is 6.04. The highest BCUT2D eigenvalue weighted by Crippen LogP contribution is 2.50. The van der Waals surface area contributed by atoms with Crippen molar-refractivity contribution in [1.82, 2.24) is 0 Å². The van der Waals surface area contributed by atoms with Crippen molar-refractivity contribution < 1.29 is 0 Å². The Labute approximate surface area is 381 Å². The third kappa shape index (κ3) is 7.71. The molecule has 0 amide bonds.